The number of pyridine rings is 1. The van der Waals surface area contributed by atoms with Crippen molar-refractivity contribution in [1.82, 2.24) is 4.73 Å². The molecular weight excluding hydrogens is 176 g/mol. The molecule has 1 rings (SSSR count). The molecule has 0 unspecified atom stereocenters. The van der Waals surface area contributed by atoms with Crippen molar-refractivity contribution in [3.05, 3.63) is 28.5 Å². The van der Waals surface area contributed by atoms with Crippen LogP contribution in [0.5, 0.6) is 0 Å². The van der Waals surface area contributed by atoms with Gasteiger partial charge < -0.3 is 10.9 Å². The first kappa shape index (κ1) is 8.73. The number of rotatable bonds is 2. The van der Waals surface area contributed by atoms with E-state index in [-0.39, 0.29) is 11.1 Å². The number of nitrogens with zero attached hydrogens (tertiary/aromatic N) is 1. The topological polar surface area (TPSA) is 68.2 Å². The van der Waals surface area contributed by atoms with E-state index in [9.17, 15) is 10.0 Å². The molecule has 0 aliphatic heterocycles. The van der Waals surface area contributed by atoms with Crippen LogP contribution in [0, 0.1) is 4.64 Å². The van der Waals surface area contributed by atoms with Crippen molar-refractivity contribution < 1.29 is 10.0 Å². The Kier molecular flexibility index (Phi) is 2.44. The van der Waals surface area contributed by atoms with E-state index >= 15 is 0 Å². The molecule has 0 atom stereocenters. The minimum atomic E-state index is -0.501. The first-order valence-corrected chi connectivity index (χ1v) is 3.70. The lowest BCUT2D eigenvalue weighted by Crippen LogP contribution is -2.17. The van der Waals surface area contributed by atoms with Gasteiger partial charge in [0.2, 0.25) is 5.91 Å². The Morgan fingerprint density at radius 1 is 1.67 bits per heavy atom. The first-order valence-electron chi connectivity index (χ1n) is 3.30. The Hall–Kier alpha value is -1.36. The quantitative estimate of drug-likeness (QED) is 0.519. The Morgan fingerprint density at radius 3 is 2.92 bits per heavy atom. The van der Waals surface area contributed by atoms with Crippen molar-refractivity contribution in [2.24, 2.45) is 5.73 Å². The summed E-state index contributed by atoms with van der Waals surface area (Å²) in [5, 5.41) is 9.25. The van der Waals surface area contributed by atoms with E-state index in [0.29, 0.717) is 5.69 Å². The van der Waals surface area contributed by atoms with Crippen LogP contribution >= 0.6 is 12.2 Å². The second-order valence-corrected chi connectivity index (χ2v) is 2.73. The number of hydrogen-bond acceptors (Lipinski definition) is 3. The van der Waals surface area contributed by atoms with Crippen LogP contribution in [0.1, 0.15) is 5.69 Å². The fourth-order valence-corrected chi connectivity index (χ4v) is 1.03. The van der Waals surface area contributed by atoms with Crippen LogP contribution in [0.2, 0.25) is 0 Å². The summed E-state index contributed by atoms with van der Waals surface area (Å²) in [5.74, 6) is -0.501. The van der Waals surface area contributed by atoms with Gasteiger partial charge in [0.15, 0.2) is 0 Å². The summed E-state index contributed by atoms with van der Waals surface area (Å²) in [5.41, 5.74) is 5.34. The Labute approximate surface area is 74.2 Å². The molecule has 0 spiro atoms. The standard InChI is InChI=1S/C7H8N2O2S/c8-6(10)4-5-2-1-3-7(12)9(5)11/h1-3,11H,4H2,(H2,8,10). The van der Waals surface area contributed by atoms with Gasteiger partial charge >= 0.3 is 0 Å². The van der Waals surface area contributed by atoms with E-state index in [1.54, 1.807) is 18.2 Å². The molecule has 0 aliphatic carbocycles. The number of amides is 1. The fraction of sp³-hybridized carbons (Fsp3) is 0.143. The minimum absolute atomic E-state index is 0.0129. The zero-order valence-corrected chi connectivity index (χ0v) is 7.04. The van der Waals surface area contributed by atoms with E-state index in [4.69, 9.17) is 18.0 Å². The van der Waals surface area contributed by atoms with Gasteiger partial charge in [0, 0.05) is 0 Å². The van der Waals surface area contributed by atoms with Crippen molar-refractivity contribution in [2.45, 2.75) is 6.42 Å². The van der Waals surface area contributed by atoms with E-state index in [0.717, 1.165) is 4.73 Å². The van der Waals surface area contributed by atoms with Crippen LogP contribution in [0.15, 0.2) is 18.2 Å². The smallest absolute Gasteiger partial charge is 0.223 e. The van der Waals surface area contributed by atoms with Crippen molar-refractivity contribution in [3.63, 3.8) is 0 Å². The van der Waals surface area contributed by atoms with Crippen LogP contribution in [-0.2, 0) is 11.2 Å². The molecule has 0 saturated carbocycles. The highest BCUT2D eigenvalue weighted by Crippen LogP contribution is 2.00. The zero-order valence-electron chi connectivity index (χ0n) is 6.23. The van der Waals surface area contributed by atoms with Gasteiger partial charge in [0.05, 0.1) is 12.1 Å². The second kappa shape index (κ2) is 3.36. The molecule has 4 nitrogen and oxygen atoms in total. The van der Waals surface area contributed by atoms with Gasteiger partial charge in [0.25, 0.3) is 0 Å². The van der Waals surface area contributed by atoms with Crippen molar-refractivity contribution in [3.8, 4) is 0 Å². The Bertz CT molecular complexity index is 359. The summed E-state index contributed by atoms with van der Waals surface area (Å²) in [6.45, 7) is 0. The van der Waals surface area contributed by atoms with Gasteiger partial charge in [-0.25, -0.2) is 0 Å². The largest absolute Gasteiger partial charge is 0.427 e. The molecule has 64 valence electrons. The molecular formula is C7H8N2O2S. The summed E-state index contributed by atoms with van der Waals surface area (Å²) >= 11 is 4.75. The minimum Gasteiger partial charge on any atom is -0.427 e. The van der Waals surface area contributed by atoms with Crippen LogP contribution in [0.4, 0.5) is 0 Å². The molecule has 1 heterocycles. The summed E-state index contributed by atoms with van der Waals surface area (Å²) in [4.78, 5) is 10.5. The molecule has 1 aromatic rings. The Balaban J connectivity index is 3.08. The lowest BCUT2D eigenvalue weighted by molar-refractivity contribution is -0.117. The number of carbonyl (C=O) groups is 1. The summed E-state index contributed by atoms with van der Waals surface area (Å²) < 4.78 is 1.04. The van der Waals surface area contributed by atoms with E-state index in [1.807, 2.05) is 0 Å². The molecule has 0 radical (unpaired) electrons. The van der Waals surface area contributed by atoms with Gasteiger partial charge in [-0.3, -0.25) is 4.79 Å². The third-order valence-corrected chi connectivity index (χ3v) is 1.67. The number of hydrogen-bond donors (Lipinski definition) is 2. The van der Waals surface area contributed by atoms with E-state index in [1.165, 1.54) is 0 Å². The lowest BCUT2D eigenvalue weighted by Gasteiger charge is -2.03. The van der Waals surface area contributed by atoms with Gasteiger partial charge in [-0.15, -0.1) is 0 Å². The normalized spacial score (nSPS) is 9.67. The summed E-state index contributed by atoms with van der Waals surface area (Å²) in [7, 11) is 0. The monoisotopic (exact) mass is 184 g/mol. The lowest BCUT2D eigenvalue weighted by atomic mass is 10.3. The van der Waals surface area contributed by atoms with E-state index in [2.05, 4.69) is 0 Å². The molecule has 1 amide bonds. The van der Waals surface area contributed by atoms with Crippen LogP contribution < -0.4 is 5.73 Å². The summed E-state index contributed by atoms with van der Waals surface area (Å²) in [6, 6.07) is 4.80. The maximum atomic E-state index is 10.5. The molecule has 3 N–H and O–H groups in total. The highest BCUT2D eigenvalue weighted by Gasteiger charge is 2.02. The van der Waals surface area contributed by atoms with Gasteiger partial charge in [-0.2, -0.15) is 4.73 Å². The van der Waals surface area contributed by atoms with Crippen molar-refractivity contribution in [1.29, 1.82) is 0 Å². The SMILES string of the molecule is NC(=O)Cc1cccc(=S)n1O. The predicted molar refractivity (Wildman–Crippen MR) is 45.3 cm³/mol. The Morgan fingerprint density at radius 2 is 2.33 bits per heavy atom. The third-order valence-electron chi connectivity index (χ3n) is 1.36. The van der Waals surface area contributed by atoms with E-state index < -0.39 is 5.91 Å². The zero-order chi connectivity index (χ0) is 9.14. The second-order valence-electron chi connectivity index (χ2n) is 2.31. The number of nitrogens with two attached hydrogens (primary N) is 1. The average molecular weight is 184 g/mol. The van der Waals surface area contributed by atoms with Crippen molar-refractivity contribution >= 4 is 18.1 Å². The average Bonchev–Trinajstić information content (AvgIpc) is 1.98. The third kappa shape index (κ3) is 1.82. The molecule has 12 heavy (non-hydrogen) atoms. The van der Waals surface area contributed by atoms with Crippen molar-refractivity contribution in [2.75, 3.05) is 0 Å². The highest BCUT2D eigenvalue weighted by molar-refractivity contribution is 7.71. The van der Waals surface area contributed by atoms with Crippen LogP contribution in [-0.4, -0.2) is 15.8 Å². The number of primary amides is 1. The molecule has 1 aromatic heterocycles. The molecule has 5 heteroatoms. The predicted octanol–water partition coefficient (Wildman–Crippen LogP) is 0.483. The summed E-state index contributed by atoms with van der Waals surface area (Å²) in [6.07, 6.45) is -0.0129. The van der Waals surface area contributed by atoms with Gasteiger partial charge in [-0.1, -0.05) is 18.3 Å². The van der Waals surface area contributed by atoms with Crippen LogP contribution in [0.25, 0.3) is 0 Å². The van der Waals surface area contributed by atoms with Gasteiger partial charge in [0.1, 0.15) is 4.64 Å². The highest BCUT2D eigenvalue weighted by atomic mass is 32.1. The number of carbonyl (C=O) groups excluding carboxylic acids is 1. The molecule has 0 bridgehead atoms. The number of aromatic nitrogens is 1. The van der Waals surface area contributed by atoms with Crippen LogP contribution in [0.3, 0.4) is 0 Å². The molecule has 0 saturated heterocycles. The molecule has 0 fully saturated rings. The maximum absolute atomic E-state index is 10.5. The fourth-order valence-electron chi connectivity index (χ4n) is 0.837. The van der Waals surface area contributed by atoms with Gasteiger partial charge in [-0.05, 0) is 12.1 Å². The molecule has 0 aromatic carbocycles. The first-order chi connectivity index (χ1) is 5.61. The maximum Gasteiger partial charge on any atom is 0.223 e. The molecule has 0 aliphatic rings.